The molecule has 9 heteroatoms. The molecule has 1 aromatic carbocycles. The Morgan fingerprint density at radius 2 is 2.16 bits per heavy atom. The topological polar surface area (TPSA) is 93.0 Å². The maximum absolute atomic E-state index is 12.3. The van der Waals surface area contributed by atoms with Crippen LogP contribution in [0.5, 0.6) is 0 Å². The van der Waals surface area contributed by atoms with E-state index in [2.05, 4.69) is 20.6 Å². The van der Waals surface area contributed by atoms with E-state index < -0.39 is 0 Å². The standard InChI is InChI=1S/C16H16N6O2S/c1-21(2)14(23)10-22-9-13(19-20-22)15(24)18-12-5-3-4-11(8-12)16-17-6-7-25-16/h3-9H,10H2,1-2H3,(H,18,24). The van der Waals surface area contributed by atoms with Gasteiger partial charge in [-0.05, 0) is 12.1 Å². The Kier molecular flexibility index (Phi) is 4.85. The van der Waals surface area contributed by atoms with Crippen LogP contribution in [0.4, 0.5) is 5.69 Å². The lowest BCUT2D eigenvalue weighted by molar-refractivity contribution is -0.129. The van der Waals surface area contributed by atoms with Gasteiger partial charge < -0.3 is 10.2 Å². The first-order valence-corrected chi connectivity index (χ1v) is 8.32. The first-order valence-electron chi connectivity index (χ1n) is 7.44. The molecule has 2 aromatic heterocycles. The smallest absolute Gasteiger partial charge is 0.277 e. The van der Waals surface area contributed by atoms with Crippen molar-refractivity contribution in [3.05, 3.63) is 47.7 Å². The number of amides is 2. The molecule has 0 bridgehead atoms. The number of anilines is 1. The van der Waals surface area contributed by atoms with Gasteiger partial charge in [-0.25, -0.2) is 9.67 Å². The van der Waals surface area contributed by atoms with E-state index in [1.54, 1.807) is 26.4 Å². The third kappa shape index (κ3) is 4.07. The van der Waals surface area contributed by atoms with Gasteiger partial charge in [0.2, 0.25) is 5.91 Å². The molecule has 0 atom stereocenters. The fraction of sp³-hybridized carbons (Fsp3) is 0.188. The molecule has 0 fully saturated rings. The summed E-state index contributed by atoms with van der Waals surface area (Å²) < 4.78 is 1.34. The number of aromatic nitrogens is 4. The second-order valence-corrected chi connectivity index (χ2v) is 6.36. The summed E-state index contributed by atoms with van der Waals surface area (Å²) >= 11 is 1.53. The highest BCUT2D eigenvalue weighted by atomic mass is 32.1. The number of nitrogens with zero attached hydrogens (tertiary/aromatic N) is 5. The molecule has 0 aliphatic rings. The maximum atomic E-state index is 12.3. The van der Waals surface area contributed by atoms with Crippen molar-refractivity contribution in [1.29, 1.82) is 0 Å². The summed E-state index contributed by atoms with van der Waals surface area (Å²) in [5, 5.41) is 13.2. The van der Waals surface area contributed by atoms with Crippen LogP contribution in [0.25, 0.3) is 10.6 Å². The van der Waals surface area contributed by atoms with Crippen LogP contribution >= 0.6 is 11.3 Å². The number of hydrogen-bond donors (Lipinski definition) is 1. The van der Waals surface area contributed by atoms with E-state index in [1.165, 1.54) is 27.1 Å². The van der Waals surface area contributed by atoms with Gasteiger partial charge in [0.25, 0.3) is 5.91 Å². The number of benzene rings is 1. The molecule has 0 unspecified atom stereocenters. The van der Waals surface area contributed by atoms with Crippen molar-refractivity contribution in [2.45, 2.75) is 6.54 Å². The van der Waals surface area contributed by atoms with E-state index in [9.17, 15) is 9.59 Å². The van der Waals surface area contributed by atoms with Crippen LogP contribution < -0.4 is 5.32 Å². The quantitative estimate of drug-likeness (QED) is 0.752. The number of hydrogen-bond acceptors (Lipinski definition) is 6. The first-order chi connectivity index (χ1) is 12.0. The van der Waals surface area contributed by atoms with Crippen molar-refractivity contribution in [2.24, 2.45) is 0 Å². The summed E-state index contributed by atoms with van der Waals surface area (Å²) in [5.74, 6) is -0.521. The minimum Gasteiger partial charge on any atom is -0.347 e. The minimum absolute atomic E-state index is 0.0345. The summed E-state index contributed by atoms with van der Waals surface area (Å²) in [4.78, 5) is 29.7. The Balaban J connectivity index is 1.70. The van der Waals surface area contributed by atoms with Gasteiger partial charge in [0, 0.05) is 36.9 Å². The zero-order valence-corrected chi connectivity index (χ0v) is 14.5. The predicted octanol–water partition coefficient (Wildman–Crippen LogP) is 1.74. The lowest BCUT2D eigenvalue weighted by Crippen LogP contribution is -2.26. The summed E-state index contributed by atoms with van der Waals surface area (Å²) in [7, 11) is 3.31. The highest BCUT2D eigenvalue weighted by molar-refractivity contribution is 7.13. The summed E-state index contributed by atoms with van der Waals surface area (Å²) in [6, 6.07) is 7.41. The van der Waals surface area contributed by atoms with Gasteiger partial charge in [-0.3, -0.25) is 9.59 Å². The third-order valence-electron chi connectivity index (χ3n) is 3.37. The normalized spacial score (nSPS) is 10.5. The summed E-state index contributed by atoms with van der Waals surface area (Å²) in [5.41, 5.74) is 1.70. The number of carbonyl (C=O) groups excluding carboxylic acids is 2. The molecule has 8 nitrogen and oxygen atoms in total. The molecule has 3 aromatic rings. The maximum Gasteiger partial charge on any atom is 0.277 e. The molecule has 0 aliphatic heterocycles. The van der Waals surface area contributed by atoms with Crippen LogP contribution in [0, 0.1) is 0 Å². The Bertz CT molecular complexity index is 888. The molecule has 0 spiro atoms. The highest BCUT2D eigenvalue weighted by Crippen LogP contribution is 2.24. The first kappa shape index (κ1) is 16.8. The molecule has 0 radical (unpaired) electrons. The largest absolute Gasteiger partial charge is 0.347 e. The highest BCUT2D eigenvalue weighted by Gasteiger charge is 2.14. The van der Waals surface area contributed by atoms with Crippen LogP contribution in [0.2, 0.25) is 0 Å². The van der Waals surface area contributed by atoms with Crippen LogP contribution in [0.3, 0.4) is 0 Å². The van der Waals surface area contributed by atoms with Crippen molar-refractivity contribution in [3.63, 3.8) is 0 Å². The Morgan fingerprint density at radius 3 is 2.88 bits per heavy atom. The van der Waals surface area contributed by atoms with E-state index in [0.717, 1.165) is 10.6 Å². The van der Waals surface area contributed by atoms with Crippen LogP contribution in [-0.2, 0) is 11.3 Å². The average Bonchev–Trinajstić information content (AvgIpc) is 3.27. The van der Waals surface area contributed by atoms with E-state index >= 15 is 0 Å². The van der Waals surface area contributed by atoms with E-state index in [1.807, 2.05) is 23.6 Å². The van der Waals surface area contributed by atoms with E-state index in [-0.39, 0.29) is 24.1 Å². The van der Waals surface area contributed by atoms with Crippen LogP contribution in [0.1, 0.15) is 10.5 Å². The van der Waals surface area contributed by atoms with Gasteiger partial charge in [0.15, 0.2) is 5.69 Å². The third-order valence-corrected chi connectivity index (χ3v) is 4.19. The summed E-state index contributed by atoms with van der Waals surface area (Å²) in [6.45, 7) is 0.0345. The Hall–Kier alpha value is -3.07. The zero-order valence-electron chi connectivity index (χ0n) is 13.7. The van der Waals surface area contributed by atoms with Crippen molar-refractivity contribution in [3.8, 4) is 10.6 Å². The molecular weight excluding hydrogens is 340 g/mol. The van der Waals surface area contributed by atoms with Gasteiger partial charge >= 0.3 is 0 Å². The second-order valence-electron chi connectivity index (χ2n) is 5.46. The van der Waals surface area contributed by atoms with Crippen molar-refractivity contribution in [1.82, 2.24) is 24.9 Å². The Morgan fingerprint density at radius 1 is 1.32 bits per heavy atom. The predicted molar refractivity (Wildman–Crippen MR) is 94.2 cm³/mol. The van der Waals surface area contributed by atoms with Crippen molar-refractivity contribution in [2.75, 3.05) is 19.4 Å². The van der Waals surface area contributed by atoms with Crippen LogP contribution in [-0.4, -0.2) is 50.8 Å². The summed E-state index contributed by atoms with van der Waals surface area (Å²) in [6.07, 6.45) is 3.18. The van der Waals surface area contributed by atoms with E-state index in [4.69, 9.17) is 0 Å². The van der Waals surface area contributed by atoms with Gasteiger partial charge in [-0.1, -0.05) is 17.3 Å². The van der Waals surface area contributed by atoms with Gasteiger partial charge in [0.05, 0.1) is 6.20 Å². The molecule has 0 saturated carbocycles. The van der Waals surface area contributed by atoms with Gasteiger partial charge in [-0.2, -0.15) is 0 Å². The molecule has 2 heterocycles. The minimum atomic E-state index is -0.389. The lowest BCUT2D eigenvalue weighted by Gasteiger charge is -2.08. The molecule has 0 saturated heterocycles. The van der Waals surface area contributed by atoms with Gasteiger partial charge in [-0.15, -0.1) is 16.4 Å². The second kappa shape index (κ2) is 7.22. The molecule has 0 aliphatic carbocycles. The van der Waals surface area contributed by atoms with E-state index in [0.29, 0.717) is 5.69 Å². The van der Waals surface area contributed by atoms with Crippen molar-refractivity contribution >= 4 is 28.8 Å². The lowest BCUT2D eigenvalue weighted by atomic mass is 10.2. The number of thiazole rings is 1. The molecule has 3 rings (SSSR count). The Labute approximate surface area is 148 Å². The fourth-order valence-electron chi connectivity index (χ4n) is 2.05. The van der Waals surface area contributed by atoms with Crippen LogP contribution in [0.15, 0.2) is 42.0 Å². The monoisotopic (exact) mass is 356 g/mol. The molecule has 2 amide bonds. The zero-order chi connectivity index (χ0) is 17.8. The van der Waals surface area contributed by atoms with Crippen molar-refractivity contribution < 1.29 is 9.59 Å². The SMILES string of the molecule is CN(C)C(=O)Cn1cc(C(=O)Nc2cccc(-c3nccs3)c2)nn1. The average molecular weight is 356 g/mol. The number of carbonyl (C=O) groups is 2. The molecule has 25 heavy (non-hydrogen) atoms. The van der Waals surface area contributed by atoms with Gasteiger partial charge in [0.1, 0.15) is 11.6 Å². The number of likely N-dealkylation sites (N-methyl/N-ethyl adjacent to an activating group) is 1. The fourth-order valence-corrected chi connectivity index (χ4v) is 2.69. The molecule has 1 N–H and O–H groups in total. The number of rotatable bonds is 5. The molecule has 128 valence electrons. The molecular formula is C16H16N6O2S. The number of nitrogens with one attached hydrogen (secondary N) is 1.